The SMILES string of the molecule is O=C(Nc1nccs1)c1ccc(NC(=O)C2CC(=O)N(c3ccccc3Br)C2)cc1. The first-order chi connectivity index (χ1) is 14.5. The maximum absolute atomic E-state index is 12.7. The Balaban J connectivity index is 1.37. The molecule has 152 valence electrons. The van der Waals surface area contributed by atoms with Gasteiger partial charge in [0, 0.05) is 40.3 Å². The van der Waals surface area contributed by atoms with E-state index in [2.05, 4.69) is 31.5 Å². The van der Waals surface area contributed by atoms with Crippen molar-refractivity contribution in [1.82, 2.24) is 4.98 Å². The lowest BCUT2D eigenvalue weighted by Gasteiger charge is -2.18. The first-order valence-electron chi connectivity index (χ1n) is 9.18. The summed E-state index contributed by atoms with van der Waals surface area (Å²) in [7, 11) is 0. The number of carbonyl (C=O) groups excluding carboxylic acids is 3. The summed E-state index contributed by atoms with van der Waals surface area (Å²) in [5.41, 5.74) is 1.78. The highest BCUT2D eigenvalue weighted by Gasteiger charge is 2.35. The Kier molecular flexibility index (Phi) is 5.91. The molecule has 1 atom stereocenters. The topological polar surface area (TPSA) is 91.4 Å². The average Bonchev–Trinajstić information content (AvgIpc) is 3.38. The number of carbonyl (C=O) groups is 3. The molecular weight excluding hydrogens is 468 g/mol. The Labute approximate surface area is 185 Å². The molecule has 1 fully saturated rings. The number of nitrogens with one attached hydrogen (secondary N) is 2. The average molecular weight is 485 g/mol. The van der Waals surface area contributed by atoms with Crippen molar-refractivity contribution in [3.05, 3.63) is 70.1 Å². The van der Waals surface area contributed by atoms with Gasteiger partial charge in [-0.1, -0.05) is 12.1 Å². The molecule has 2 aromatic carbocycles. The van der Waals surface area contributed by atoms with Crippen molar-refractivity contribution in [2.75, 3.05) is 22.1 Å². The predicted octanol–water partition coefficient (Wildman–Crippen LogP) is 4.15. The van der Waals surface area contributed by atoms with Gasteiger partial charge in [0.05, 0.1) is 11.6 Å². The lowest BCUT2D eigenvalue weighted by molar-refractivity contribution is -0.122. The fraction of sp³-hybridized carbons (Fsp3) is 0.143. The standard InChI is InChI=1S/C21H17BrN4O3S/c22-16-3-1-2-4-17(16)26-12-14(11-18(26)27)20(29)24-15-7-5-13(6-8-15)19(28)25-21-23-9-10-30-21/h1-10,14H,11-12H2,(H,24,29)(H,23,25,28). The Bertz CT molecular complexity index is 1090. The maximum atomic E-state index is 12.7. The van der Waals surface area contributed by atoms with Crippen LogP contribution in [0.25, 0.3) is 0 Å². The summed E-state index contributed by atoms with van der Waals surface area (Å²) in [6.45, 7) is 0.321. The molecule has 1 aromatic heterocycles. The van der Waals surface area contributed by atoms with Crippen LogP contribution >= 0.6 is 27.3 Å². The van der Waals surface area contributed by atoms with Gasteiger partial charge in [-0.15, -0.1) is 11.3 Å². The van der Waals surface area contributed by atoms with Crippen molar-refractivity contribution in [2.45, 2.75) is 6.42 Å². The molecule has 7 nitrogen and oxygen atoms in total. The summed E-state index contributed by atoms with van der Waals surface area (Å²) in [4.78, 5) is 42.9. The number of thiazole rings is 1. The molecule has 1 aliphatic rings. The van der Waals surface area contributed by atoms with Crippen molar-refractivity contribution in [1.29, 1.82) is 0 Å². The molecule has 0 saturated carbocycles. The summed E-state index contributed by atoms with van der Waals surface area (Å²) >= 11 is 4.79. The number of amides is 3. The van der Waals surface area contributed by atoms with Crippen LogP contribution in [0.4, 0.5) is 16.5 Å². The lowest BCUT2D eigenvalue weighted by atomic mass is 10.1. The minimum Gasteiger partial charge on any atom is -0.326 e. The highest BCUT2D eigenvalue weighted by atomic mass is 79.9. The van der Waals surface area contributed by atoms with E-state index in [1.54, 1.807) is 40.7 Å². The number of rotatable bonds is 5. The van der Waals surface area contributed by atoms with Gasteiger partial charge in [-0.2, -0.15) is 0 Å². The van der Waals surface area contributed by atoms with Gasteiger partial charge in [-0.25, -0.2) is 4.98 Å². The number of hydrogen-bond donors (Lipinski definition) is 2. The second-order valence-corrected chi connectivity index (χ2v) is 8.46. The number of anilines is 3. The van der Waals surface area contributed by atoms with E-state index in [4.69, 9.17) is 0 Å². The first-order valence-corrected chi connectivity index (χ1v) is 10.8. The van der Waals surface area contributed by atoms with Gasteiger partial charge in [0.2, 0.25) is 11.8 Å². The Morgan fingerprint density at radius 2 is 1.87 bits per heavy atom. The van der Waals surface area contributed by atoms with E-state index in [1.807, 2.05) is 24.3 Å². The number of halogens is 1. The zero-order chi connectivity index (χ0) is 21.1. The fourth-order valence-corrected chi connectivity index (χ4v) is 4.21. The number of benzene rings is 2. The van der Waals surface area contributed by atoms with Crippen molar-refractivity contribution in [2.24, 2.45) is 5.92 Å². The third kappa shape index (κ3) is 4.42. The van der Waals surface area contributed by atoms with Gasteiger partial charge in [0.1, 0.15) is 0 Å². The van der Waals surface area contributed by atoms with Gasteiger partial charge in [-0.3, -0.25) is 19.7 Å². The molecular formula is C21H17BrN4O3S. The molecule has 0 bridgehead atoms. The van der Waals surface area contributed by atoms with Crippen LogP contribution in [0.3, 0.4) is 0 Å². The molecule has 2 N–H and O–H groups in total. The number of nitrogens with zero attached hydrogens (tertiary/aromatic N) is 2. The monoisotopic (exact) mass is 484 g/mol. The van der Waals surface area contributed by atoms with Crippen LogP contribution in [0, 0.1) is 5.92 Å². The maximum Gasteiger partial charge on any atom is 0.257 e. The second-order valence-electron chi connectivity index (χ2n) is 6.71. The van der Waals surface area contributed by atoms with Gasteiger partial charge in [0.15, 0.2) is 5.13 Å². The number of para-hydroxylation sites is 1. The molecule has 0 radical (unpaired) electrons. The smallest absolute Gasteiger partial charge is 0.257 e. The van der Waals surface area contributed by atoms with Crippen LogP contribution in [-0.2, 0) is 9.59 Å². The van der Waals surface area contributed by atoms with Crippen molar-refractivity contribution in [3.8, 4) is 0 Å². The molecule has 9 heteroatoms. The van der Waals surface area contributed by atoms with Crippen LogP contribution in [0.2, 0.25) is 0 Å². The Hall–Kier alpha value is -3.04. The highest BCUT2D eigenvalue weighted by molar-refractivity contribution is 9.10. The molecule has 1 saturated heterocycles. The summed E-state index contributed by atoms with van der Waals surface area (Å²) in [5.74, 6) is -1.03. The van der Waals surface area contributed by atoms with Gasteiger partial charge in [-0.05, 0) is 52.3 Å². The minimum absolute atomic E-state index is 0.0868. The van der Waals surface area contributed by atoms with Gasteiger partial charge in [0.25, 0.3) is 5.91 Å². The van der Waals surface area contributed by atoms with Crippen LogP contribution in [0.15, 0.2) is 64.6 Å². The molecule has 1 aliphatic heterocycles. The molecule has 3 amide bonds. The predicted molar refractivity (Wildman–Crippen MR) is 120 cm³/mol. The summed E-state index contributed by atoms with van der Waals surface area (Å²) in [5, 5.41) is 7.84. The van der Waals surface area contributed by atoms with E-state index < -0.39 is 5.92 Å². The van der Waals surface area contributed by atoms with E-state index in [1.165, 1.54) is 11.3 Å². The molecule has 3 aromatic rings. The third-order valence-electron chi connectivity index (χ3n) is 4.71. The van der Waals surface area contributed by atoms with E-state index in [9.17, 15) is 14.4 Å². The van der Waals surface area contributed by atoms with Crippen LogP contribution in [-0.4, -0.2) is 29.3 Å². The number of hydrogen-bond acceptors (Lipinski definition) is 5. The molecule has 4 rings (SSSR count). The summed E-state index contributed by atoms with van der Waals surface area (Å²) in [6, 6.07) is 14.0. The molecule has 1 unspecified atom stereocenters. The Morgan fingerprint density at radius 1 is 1.10 bits per heavy atom. The third-order valence-corrected chi connectivity index (χ3v) is 6.07. The fourth-order valence-electron chi connectivity index (χ4n) is 3.19. The van der Waals surface area contributed by atoms with E-state index in [0.29, 0.717) is 22.9 Å². The van der Waals surface area contributed by atoms with Crippen LogP contribution in [0.5, 0.6) is 0 Å². The summed E-state index contributed by atoms with van der Waals surface area (Å²) in [6.07, 6.45) is 1.77. The molecule has 2 heterocycles. The van der Waals surface area contributed by atoms with E-state index in [-0.39, 0.29) is 24.1 Å². The van der Waals surface area contributed by atoms with Crippen molar-refractivity contribution < 1.29 is 14.4 Å². The van der Waals surface area contributed by atoms with Crippen LogP contribution in [0.1, 0.15) is 16.8 Å². The van der Waals surface area contributed by atoms with E-state index in [0.717, 1.165) is 10.2 Å². The Morgan fingerprint density at radius 3 is 2.57 bits per heavy atom. The zero-order valence-corrected chi connectivity index (χ0v) is 18.1. The largest absolute Gasteiger partial charge is 0.326 e. The lowest BCUT2D eigenvalue weighted by Crippen LogP contribution is -2.28. The quantitative estimate of drug-likeness (QED) is 0.568. The molecule has 0 spiro atoms. The van der Waals surface area contributed by atoms with Crippen molar-refractivity contribution in [3.63, 3.8) is 0 Å². The van der Waals surface area contributed by atoms with Gasteiger partial charge < -0.3 is 10.2 Å². The highest BCUT2D eigenvalue weighted by Crippen LogP contribution is 2.31. The van der Waals surface area contributed by atoms with E-state index >= 15 is 0 Å². The van der Waals surface area contributed by atoms with Gasteiger partial charge >= 0.3 is 0 Å². The summed E-state index contributed by atoms with van der Waals surface area (Å²) < 4.78 is 0.811. The zero-order valence-electron chi connectivity index (χ0n) is 15.7. The van der Waals surface area contributed by atoms with Crippen LogP contribution < -0.4 is 15.5 Å². The number of aromatic nitrogens is 1. The molecule has 0 aliphatic carbocycles. The minimum atomic E-state index is -0.447. The van der Waals surface area contributed by atoms with Crippen molar-refractivity contribution >= 4 is 61.5 Å². The second kappa shape index (κ2) is 8.76. The normalized spacial score (nSPS) is 15.8. The molecule has 30 heavy (non-hydrogen) atoms. The first kappa shape index (κ1) is 20.2.